The second kappa shape index (κ2) is 11.7. The van der Waals surface area contributed by atoms with Crippen molar-refractivity contribution in [3.8, 4) is 11.4 Å². The minimum absolute atomic E-state index is 0.00885. The van der Waals surface area contributed by atoms with E-state index in [0.29, 0.717) is 16.4 Å². The Balaban J connectivity index is 1.61. The predicted molar refractivity (Wildman–Crippen MR) is 135 cm³/mol. The lowest BCUT2D eigenvalue weighted by atomic mass is 9.85. The molecule has 1 heterocycles. The van der Waals surface area contributed by atoms with Crippen LogP contribution in [0.4, 0.5) is 13.2 Å². The van der Waals surface area contributed by atoms with Crippen molar-refractivity contribution in [2.24, 2.45) is 0 Å². The van der Waals surface area contributed by atoms with Crippen LogP contribution in [0.1, 0.15) is 61.6 Å². The van der Waals surface area contributed by atoms with Crippen molar-refractivity contribution >= 4 is 23.2 Å². The van der Waals surface area contributed by atoms with E-state index in [4.69, 9.17) is 16.7 Å². The number of nitrogens with zero attached hydrogens (tertiary/aromatic N) is 3. The summed E-state index contributed by atoms with van der Waals surface area (Å²) >= 11 is 5.98. The second-order valence-electron chi connectivity index (χ2n) is 9.47. The number of hydrogen-bond donors (Lipinski definition) is 1. The number of aliphatic hydroxyl groups is 1. The summed E-state index contributed by atoms with van der Waals surface area (Å²) in [6, 6.07) is 11.6. The van der Waals surface area contributed by atoms with E-state index in [1.54, 1.807) is 24.3 Å². The summed E-state index contributed by atoms with van der Waals surface area (Å²) in [7, 11) is 0. The van der Waals surface area contributed by atoms with Crippen LogP contribution in [0.3, 0.4) is 0 Å². The predicted octanol–water partition coefficient (Wildman–Crippen LogP) is 5.19. The first kappa shape index (κ1) is 27.8. The fraction of sp³-hybridized carbons (Fsp3) is 0.407. The van der Waals surface area contributed by atoms with E-state index in [1.165, 1.54) is 22.8 Å². The average molecular weight is 550 g/mol. The highest BCUT2D eigenvalue weighted by Gasteiger charge is 2.36. The van der Waals surface area contributed by atoms with Crippen molar-refractivity contribution < 1.29 is 27.9 Å². The van der Waals surface area contributed by atoms with Crippen LogP contribution in [-0.4, -0.2) is 37.6 Å². The Kier molecular flexibility index (Phi) is 8.52. The van der Waals surface area contributed by atoms with Crippen molar-refractivity contribution in [1.82, 2.24) is 14.3 Å². The largest absolute Gasteiger partial charge is 0.416 e. The molecule has 3 aromatic rings. The fourth-order valence-corrected chi connectivity index (χ4v) is 4.67. The van der Waals surface area contributed by atoms with Crippen LogP contribution in [0.5, 0.6) is 0 Å². The molecule has 7 nitrogen and oxygen atoms in total. The number of halogens is 4. The zero-order valence-electron chi connectivity index (χ0n) is 20.5. The Morgan fingerprint density at radius 3 is 2.34 bits per heavy atom. The maximum Gasteiger partial charge on any atom is 0.416 e. The van der Waals surface area contributed by atoms with Gasteiger partial charge < -0.3 is 5.11 Å². The third kappa shape index (κ3) is 6.60. The molecular formula is C27H27ClF3N3O4. The first-order chi connectivity index (χ1) is 18.1. The van der Waals surface area contributed by atoms with Gasteiger partial charge in [-0.1, -0.05) is 29.8 Å². The van der Waals surface area contributed by atoms with Crippen LogP contribution in [0.15, 0.2) is 53.3 Å². The molecule has 0 saturated heterocycles. The monoisotopic (exact) mass is 549 g/mol. The van der Waals surface area contributed by atoms with Crippen molar-refractivity contribution in [1.29, 1.82) is 0 Å². The minimum atomic E-state index is -4.67. The number of ketones is 2. The lowest BCUT2D eigenvalue weighted by molar-refractivity contribution is -0.139. The molecule has 4 rings (SSSR count). The van der Waals surface area contributed by atoms with Crippen LogP contribution in [0.2, 0.25) is 5.02 Å². The summed E-state index contributed by atoms with van der Waals surface area (Å²) < 4.78 is 43.8. The molecule has 1 fully saturated rings. The maximum atomic E-state index is 13.7. The molecule has 38 heavy (non-hydrogen) atoms. The van der Waals surface area contributed by atoms with Crippen LogP contribution in [-0.2, 0) is 22.3 Å². The number of benzene rings is 2. The summed E-state index contributed by atoms with van der Waals surface area (Å²) in [6.45, 7) is -0.661. The molecule has 1 aromatic heterocycles. The van der Waals surface area contributed by atoms with Gasteiger partial charge in [0.15, 0.2) is 11.6 Å². The Hall–Kier alpha value is -3.24. The molecule has 1 atom stereocenters. The van der Waals surface area contributed by atoms with Crippen molar-refractivity contribution in [2.75, 3.05) is 6.61 Å². The molecule has 1 saturated carbocycles. The molecule has 0 aliphatic heterocycles. The minimum Gasteiger partial charge on any atom is -0.396 e. The van der Waals surface area contributed by atoms with Gasteiger partial charge in [-0.05, 0) is 61.1 Å². The van der Waals surface area contributed by atoms with Gasteiger partial charge in [0.2, 0.25) is 0 Å². The smallest absolute Gasteiger partial charge is 0.396 e. The van der Waals surface area contributed by atoms with Crippen LogP contribution >= 0.6 is 11.6 Å². The molecule has 2 aromatic carbocycles. The molecule has 0 radical (unpaired) electrons. The normalized spacial score (nSPS) is 14.4. The topological polar surface area (TPSA) is 94.2 Å². The van der Waals surface area contributed by atoms with Gasteiger partial charge >= 0.3 is 11.9 Å². The first-order valence-electron chi connectivity index (χ1n) is 12.3. The number of hydrogen-bond acceptors (Lipinski definition) is 5. The molecule has 0 spiro atoms. The van der Waals surface area contributed by atoms with E-state index in [1.807, 2.05) is 0 Å². The number of aliphatic hydroxyl groups excluding tert-OH is 1. The molecule has 1 N–H and O–H groups in total. The fourth-order valence-electron chi connectivity index (χ4n) is 4.54. The van der Waals surface area contributed by atoms with E-state index in [0.717, 1.165) is 23.6 Å². The SMILES string of the molecule is O=C(CCCO)CC(CC(=O)Cn1nc(-c2ccc(Cl)cc2)n(C2CC2)c1=O)c1ccccc1C(F)(F)F. The Morgan fingerprint density at radius 2 is 1.71 bits per heavy atom. The van der Waals surface area contributed by atoms with Gasteiger partial charge in [-0.15, -0.1) is 5.10 Å². The van der Waals surface area contributed by atoms with Gasteiger partial charge in [0.25, 0.3) is 0 Å². The quantitative estimate of drug-likeness (QED) is 0.335. The molecule has 0 amide bonds. The first-order valence-corrected chi connectivity index (χ1v) is 12.7. The Morgan fingerprint density at radius 1 is 1.05 bits per heavy atom. The Labute approximate surface area is 221 Å². The van der Waals surface area contributed by atoms with Crippen molar-refractivity contribution in [2.45, 2.75) is 63.2 Å². The number of carbonyl (C=O) groups excluding carboxylic acids is 2. The van der Waals surface area contributed by atoms with E-state index in [2.05, 4.69) is 5.10 Å². The second-order valence-corrected chi connectivity index (χ2v) is 9.90. The van der Waals surface area contributed by atoms with Crippen LogP contribution in [0, 0.1) is 0 Å². The van der Waals surface area contributed by atoms with Gasteiger partial charge in [0.05, 0.1) is 5.56 Å². The number of aromatic nitrogens is 3. The molecule has 1 aliphatic rings. The lowest BCUT2D eigenvalue weighted by Crippen LogP contribution is -2.28. The van der Waals surface area contributed by atoms with E-state index in [9.17, 15) is 27.6 Å². The zero-order chi connectivity index (χ0) is 27.4. The van der Waals surface area contributed by atoms with Gasteiger partial charge in [-0.2, -0.15) is 13.2 Å². The van der Waals surface area contributed by atoms with Crippen molar-refractivity contribution in [3.05, 3.63) is 75.2 Å². The molecule has 1 unspecified atom stereocenters. The Bertz CT molecular complexity index is 1360. The van der Waals surface area contributed by atoms with Gasteiger partial charge in [-0.3, -0.25) is 14.2 Å². The highest BCUT2D eigenvalue weighted by atomic mass is 35.5. The molecular weight excluding hydrogens is 523 g/mol. The summed E-state index contributed by atoms with van der Waals surface area (Å²) in [5.74, 6) is -1.52. The summed E-state index contributed by atoms with van der Waals surface area (Å²) in [5, 5.41) is 13.9. The lowest BCUT2D eigenvalue weighted by Gasteiger charge is -2.21. The number of carbonyl (C=O) groups is 2. The molecule has 0 bridgehead atoms. The van der Waals surface area contributed by atoms with E-state index >= 15 is 0 Å². The summed E-state index contributed by atoms with van der Waals surface area (Å²) in [6.07, 6.45) is -3.57. The summed E-state index contributed by atoms with van der Waals surface area (Å²) in [4.78, 5) is 38.7. The third-order valence-electron chi connectivity index (χ3n) is 6.48. The van der Waals surface area contributed by atoms with Crippen LogP contribution in [0.25, 0.3) is 11.4 Å². The average Bonchev–Trinajstić information content (AvgIpc) is 3.66. The van der Waals surface area contributed by atoms with Gasteiger partial charge in [0.1, 0.15) is 12.3 Å². The molecule has 1 aliphatic carbocycles. The molecule has 11 heteroatoms. The van der Waals surface area contributed by atoms with E-state index < -0.39 is 35.7 Å². The van der Waals surface area contributed by atoms with Gasteiger partial charge in [0, 0.05) is 42.5 Å². The highest BCUT2D eigenvalue weighted by molar-refractivity contribution is 6.30. The highest BCUT2D eigenvalue weighted by Crippen LogP contribution is 2.38. The maximum absolute atomic E-state index is 13.7. The van der Waals surface area contributed by atoms with Gasteiger partial charge in [-0.25, -0.2) is 9.48 Å². The molecule has 202 valence electrons. The van der Waals surface area contributed by atoms with E-state index in [-0.39, 0.29) is 49.7 Å². The zero-order valence-corrected chi connectivity index (χ0v) is 21.2. The standard InChI is InChI=1S/C27H27ClF3N3O4/c28-19-9-7-17(8-10-19)25-32-33(26(38)34(25)20-11-12-20)16-22(37)15-18(14-21(36)4-3-13-35)23-5-1-2-6-24(23)27(29,30)31/h1-2,5-10,18,20,35H,3-4,11-16H2. The van der Waals surface area contributed by atoms with Crippen LogP contribution < -0.4 is 5.69 Å². The number of rotatable bonds is 12. The number of alkyl halides is 3. The summed E-state index contributed by atoms with van der Waals surface area (Å²) in [5.41, 5.74) is -0.885. The third-order valence-corrected chi connectivity index (χ3v) is 6.73. The van der Waals surface area contributed by atoms with Crippen molar-refractivity contribution in [3.63, 3.8) is 0 Å². The number of Topliss-reactive ketones (excluding diaryl/α,β-unsaturated/α-hetero) is 2.